The maximum Gasteiger partial charge on any atom is 0.173 e. The van der Waals surface area contributed by atoms with Crippen molar-refractivity contribution in [2.75, 3.05) is 0 Å². The van der Waals surface area contributed by atoms with Gasteiger partial charge in [0.05, 0.1) is 0 Å². The lowest BCUT2D eigenvalue weighted by atomic mass is 10.1. The van der Waals surface area contributed by atoms with Crippen molar-refractivity contribution in [3.63, 3.8) is 0 Å². The minimum atomic E-state index is -1.67. The fraction of sp³-hybridized carbons (Fsp3) is 0.960. The van der Waals surface area contributed by atoms with Crippen molar-refractivity contribution in [2.45, 2.75) is 154 Å². The van der Waals surface area contributed by atoms with E-state index in [9.17, 15) is 5.26 Å². The third-order valence-electron chi connectivity index (χ3n) is 6.26. The summed E-state index contributed by atoms with van der Waals surface area (Å²) in [6.07, 6.45) is 24.6. The Morgan fingerprint density at radius 3 is 0.963 bits per heavy atom. The van der Waals surface area contributed by atoms with E-state index in [0.29, 0.717) is 0 Å². The summed E-state index contributed by atoms with van der Waals surface area (Å²) in [6, 6.07) is 3.87. The summed E-state index contributed by atoms with van der Waals surface area (Å²) >= 11 is 0. The first kappa shape index (κ1) is 26.7. The maximum absolute atomic E-state index is 10.1. The summed E-state index contributed by atoms with van der Waals surface area (Å²) in [5, 5.41) is 10.1. The average Bonchev–Trinajstić information content (AvgIpc) is 2.69. The molecule has 0 spiro atoms. The molecule has 160 valence electrons. The van der Waals surface area contributed by atoms with Crippen molar-refractivity contribution in [1.29, 1.82) is 5.26 Å². The lowest BCUT2D eigenvalue weighted by Gasteiger charge is -2.24. The Balaban J connectivity index is 4.26. The van der Waals surface area contributed by atoms with Gasteiger partial charge in [-0.25, -0.2) is 5.26 Å². The van der Waals surface area contributed by atoms with Crippen LogP contribution in [0.15, 0.2) is 0 Å². The summed E-state index contributed by atoms with van der Waals surface area (Å²) in [5.74, 6) is 0. The molecule has 0 radical (unpaired) electrons. The van der Waals surface area contributed by atoms with Crippen LogP contribution in [0.25, 0.3) is 0 Å². The van der Waals surface area contributed by atoms with Gasteiger partial charge in [0, 0.05) is 5.69 Å². The standard InChI is InChI=1S/C25H51NSi/c1-4-7-10-13-16-19-22-27(25-26,23-20-17-14-11-8-5-2)24-21-18-15-12-9-6-3/h4-24H2,1-3H3. The summed E-state index contributed by atoms with van der Waals surface area (Å²) in [4.78, 5) is 0. The highest BCUT2D eigenvalue weighted by molar-refractivity contribution is 6.86. The summed E-state index contributed by atoms with van der Waals surface area (Å²) in [6.45, 7) is 6.86. The third kappa shape index (κ3) is 16.4. The van der Waals surface area contributed by atoms with Crippen LogP contribution in [-0.2, 0) is 0 Å². The fourth-order valence-electron chi connectivity index (χ4n) is 4.27. The van der Waals surface area contributed by atoms with Gasteiger partial charge in [0.25, 0.3) is 0 Å². The fourth-order valence-corrected chi connectivity index (χ4v) is 8.14. The van der Waals surface area contributed by atoms with Gasteiger partial charge in [-0.15, -0.1) is 0 Å². The highest BCUT2D eigenvalue weighted by atomic mass is 28.3. The molecule has 0 aromatic rings. The first-order valence-corrected chi connectivity index (χ1v) is 15.3. The van der Waals surface area contributed by atoms with Crippen LogP contribution in [0, 0.1) is 11.0 Å². The molecule has 27 heavy (non-hydrogen) atoms. The number of hydrogen-bond donors (Lipinski definition) is 0. The SMILES string of the molecule is CCCCCCCC[Si](C#N)(CCCCCCCC)CCCCCCCC. The molecule has 0 aromatic heterocycles. The molecule has 0 rings (SSSR count). The highest BCUT2D eigenvalue weighted by Gasteiger charge is 2.31. The minimum Gasteiger partial charge on any atom is -0.207 e. The van der Waals surface area contributed by atoms with Gasteiger partial charge in [-0.1, -0.05) is 136 Å². The van der Waals surface area contributed by atoms with Gasteiger partial charge >= 0.3 is 0 Å². The quantitative estimate of drug-likeness (QED) is 0.141. The van der Waals surface area contributed by atoms with Crippen LogP contribution in [0.1, 0.15) is 136 Å². The van der Waals surface area contributed by atoms with E-state index in [1.165, 1.54) is 134 Å². The molecule has 0 N–H and O–H groups in total. The zero-order valence-corrected chi connectivity index (χ0v) is 20.3. The van der Waals surface area contributed by atoms with E-state index in [-0.39, 0.29) is 0 Å². The predicted molar refractivity (Wildman–Crippen MR) is 126 cm³/mol. The van der Waals surface area contributed by atoms with Gasteiger partial charge in [-0.05, 0) is 18.1 Å². The van der Waals surface area contributed by atoms with Gasteiger partial charge < -0.3 is 0 Å². The second-order valence-electron chi connectivity index (χ2n) is 8.95. The van der Waals surface area contributed by atoms with E-state index in [1.807, 2.05) is 0 Å². The lowest BCUT2D eigenvalue weighted by Crippen LogP contribution is -2.32. The van der Waals surface area contributed by atoms with Crippen LogP contribution < -0.4 is 0 Å². The highest BCUT2D eigenvalue weighted by Crippen LogP contribution is 2.29. The molecule has 0 heterocycles. The van der Waals surface area contributed by atoms with Crippen molar-refractivity contribution in [2.24, 2.45) is 0 Å². The average molecular weight is 394 g/mol. The number of rotatable bonds is 21. The molecule has 0 amide bonds. The molecule has 0 fully saturated rings. The van der Waals surface area contributed by atoms with E-state index in [1.54, 1.807) is 0 Å². The van der Waals surface area contributed by atoms with Crippen LogP contribution in [0.3, 0.4) is 0 Å². The Morgan fingerprint density at radius 2 is 0.704 bits per heavy atom. The van der Waals surface area contributed by atoms with E-state index in [4.69, 9.17) is 0 Å². The molecule has 1 nitrogen and oxygen atoms in total. The number of nitrogens with zero attached hydrogens (tertiary/aromatic N) is 1. The van der Waals surface area contributed by atoms with Crippen LogP contribution in [0.4, 0.5) is 0 Å². The van der Waals surface area contributed by atoms with E-state index in [2.05, 4.69) is 26.5 Å². The normalized spacial score (nSPS) is 11.6. The molecule has 0 aliphatic heterocycles. The van der Waals surface area contributed by atoms with Gasteiger partial charge in [0.15, 0.2) is 8.07 Å². The minimum absolute atomic E-state index is 1.29. The molecule has 0 unspecified atom stereocenters. The molecule has 0 aromatic carbocycles. The smallest absolute Gasteiger partial charge is 0.173 e. The first-order valence-electron chi connectivity index (χ1n) is 12.7. The number of nitriles is 1. The van der Waals surface area contributed by atoms with Crippen molar-refractivity contribution in [1.82, 2.24) is 0 Å². The van der Waals surface area contributed by atoms with Crippen molar-refractivity contribution in [3.8, 4) is 5.69 Å². The summed E-state index contributed by atoms with van der Waals surface area (Å²) < 4.78 is 0. The van der Waals surface area contributed by atoms with E-state index < -0.39 is 8.07 Å². The van der Waals surface area contributed by atoms with E-state index >= 15 is 0 Å². The first-order chi connectivity index (χ1) is 13.2. The second kappa shape index (κ2) is 20.4. The van der Waals surface area contributed by atoms with Crippen LogP contribution in [0.5, 0.6) is 0 Å². The van der Waals surface area contributed by atoms with Crippen molar-refractivity contribution in [3.05, 3.63) is 0 Å². The summed E-state index contributed by atoms with van der Waals surface area (Å²) in [7, 11) is -1.67. The Bertz CT molecular complexity index is 293. The Morgan fingerprint density at radius 1 is 0.444 bits per heavy atom. The van der Waals surface area contributed by atoms with Gasteiger partial charge in [-0.2, -0.15) is 0 Å². The topological polar surface area (TPSA) is 23.8 Å². The maximum atomic E-state index is 10.1. The lowest BCUT2D eigenvalue weighted by molar-refractivity contribution is 0.608. The zero-order valence-electron chi connectivity index (χ0n) is 19.3. The van der Waals surface area contributed by atoms with Gasteiger partial charge in [-0.3, -0.25) is 0 Å². The molecule has 0 bridgehead atoms. The third-order valence-corrected chi connectivity index (χ3v) is 10.7. The molecular weight excluding hydrogens is 342 g/mol. The molecule has 0 saturated heterocycles. The Kier molecular flexibility index (Phi) is 20.2. The van der Waals surface area contributed by atoms with Crippen molar-refractivity contribution >= 4 is 8.07 Å². The number of hydrogen-bond acceptors (Lipinski definition) is 1. The monoisotopic (exact) mass is 393 g/mol. The predicted octanol–water partition coefficient (Wildman–Crippen LogP) is 9.58. The van der Waals surface area contributed by atoms with Gasteiger partial charge in [0.2, 0.25) is 0 Å². The number of unbranched alkanes of at least 4 members (excludes halogenated alkanes) is 15. The molecular formula is C25H51NSi. The largest absolute Gasteiger partial charge is 0.207 e. The zero-order chi connectivity index (χ0) is 20.1. The van der Waals surface area contributed by atoms with Crippen LogP contribution in [-0.4, -0.2) is 8.07 Å². The molecule has 0 aliphatic carbocycles. The van der Waals surface area contributed by atoms with Gasteiger partial charge in [0.1, 0.15) is 0 Å². The summed E-state index contributed by atoms with van der Waals surface area (Å²) in [5.41, 5.74) is 2.96. The second-order valence-corrected chi connectivity index (χ2v) is 13.2. The molecule has 0 saturated carbocycles. The Labute approximate surface area is 173 Å². The Hall–Kier alpha value is -0.293. The molecule has 0 atom stereocenters. The van der Waals surface area contributed by atoms with Crippen LogP contribution >= 0.6 is 0 Å². The van der Waals surface area contributed by atoms with Crippen molar-refractivity contribution < 1.29 is 0 Å². The van der Waals surface area contributed by atoms with E-state index in [0.717, 1.165) is 0 Å². The molecule has 2 heteroatoms. The molecule has 0 aliphatic rings. The van der Waals surface area contributed by atoms with Crippen LogP contribution in [0.2, 0.25) is 18.1 Å².